The molecule has 1 aliphatic heterocycles. The summed E-state index contributed by atoms with van der Waals surface area (Å²) in [6, 6.07) is 13.6. The van der Waals surface area contributed by atoms with Crippen LogP contribution >= 0.6 is 11.6 Å². The van der Waals surface area contributed by atoms with Crippen molar-refractivity contribution in [2.75, 3.05) is 18.4 Å². The Morgan fingerprint density at radius 2 is 1.65 bits per heavy atom. The van der Waals surface area contributed by atoms with Crippen molar-refractivity contribution in [1.82, 2.24) is 15.1 Å². The Labute approximate surface area is 204 Å². The van der Waals surface area contributed by atoms with E-state index in [0.29, 0.717) is 16.3 Å². The maximum Gasteiger partial charge on any atom is 0.323 e. The molecule has 8 nitrogen and oxygen atoms in total. The van der Waals surface area contributed by atoms with Crippen LogP contribution in [0.1, 0.15) is 41.6 Å². The minimum absolute atomic E-state index is 0.0259. The molecule has 2 fully saturated rings. The summed E-state index contributed by atoms with van der Waals surface area (Å²) in [5, 5.41) is 6.43. The van der Waals surface area contributed by atoms with Gasteiger partial charge >= 0.3 is 6.03 Å². The molecule has 1 atom stereocenters. The van der Waals surface area contributed by atoms with Crippen LogP contribution in [0.15, 0.2) is 48.5 Å². The van der Waals surface area contributed by atoms with Gasteiger partial charge in [0.25, 0.3) is 11.8 Å². The van der Waals surface area contributed by atoms with Gasteiger partial charge in [-0.2, -0.15) is 0 Å². The van der Waals surface area contributed by atoms with Gasteiger partial charge in [0.2, 0.25) is 0 Å². The monoisotopic (exact) mass is 483 g/mol. The summed E-state index contributed by atoms with van der Waals surface area (Å²) in [6.45, 7) is 2.42. The number of hydrogen-bond donors (Lipinski definition) is 3. The van der Waals surface area contributed by atoms with Gasteiger partial charge in [0, 0.05) is 41.4 Å². The first-order chi connectivity index (χ1) is 16.3. The van der Waals surface area contributed by atoms with Crippen LogP contribution in [0.4, 0.5) is 10.5 Å². The Balaban J connectivity index is 1.55. The number of benzene rings is 2. The summed E-state index contributed by atoms with van der Waals surface area (Å²) in [6.07, 6.45) is 2.17. The summed E-state index contributed by atoms with van der Waals surface area (Å²) < 4.78 is 0. The zero-order chi connectivity index (χ0) is 24.2. The maximum atomic E-state index is 13.4. The summed E-state index contributed by atoms with van der Waals surface area (Å²) in [4.78, 5) is 42.8. The van der Waals surface area contributed by atoms with Crippen molar-refractivity contribution >= 4 is 35.1 Å². The van der Waals surface area contributed by atoms with Gasteiger partial charge in [-0.1, -0.05) is 23.7 Å². The van der Waals surface area contributed by atoms with Crippen molar-refractivity contribution in [1.29, 1.82) is 0 Å². The minimum Gasteiger partial charge on any atom is -0.350 e. The van der Waals surface area contributed by atoms with E-state index in [4.69, 9.17) is 17.3 Å². The lowest BCUT2D eigenvalue weighted by Crippen LogP contribution is -2.56. The predicted octanol–water partition coefficient (Wildman–Crippen LogP) is 3.35. The molecule has 0 aromatic heterocycles. The summed E-state index contributed by atoms with van der Waals surface area (Å²) in [5.41, 5.74) is 8.04. The lowest BCUT2D eigenvalue weighted by atomic mass is 9.92. The summed E-state index contributed by atoms with van der Waals surface area (Å²) in [7, 11) is 0. The second-order valence-corrected chi connectivity index (χ2v) is 9.43. The molecule has 1 saturated carbocycles. The van der Waals surface area contributed by atoms with E-state index < -0.39 is 12.2 Å². The number of aryl methyl sites for hydroxylation is 1. The molecule has 1 saturated heterocycles. The van der Waals surface area contributed by atoms with E-state index in [-0.39, 0.29) is 37.0 Å². The third kappa shape index (κ3) is 5.51. The molecular formula is C25H30ClN5O3. The van der Waals surface area contributed by atoms with Gasteiger partial charge < -0.3 is 21.3 Å². The third-order valence-electron chi connectivity index (χ3n) is 6.41. The number of carbonyl (C=O) groups is 3. The molecule has 1 aliphatic carbocycles. The number of anilines is 1. The van der Waals surface area contributed by atoms with Crippen LogP contribution in [0.3, 0.4) is 0 Å². The third-order valence-corrected chi connectivity index (χ3v) is 6.66. The topological polar surface area (TPSA) is 108 Å². The van der Waals surface area contributed by atoms with Gasteiger partial charge in [-0.25, -0.2) is 4.79 Å². The van der Waals surface area contributed by atoms with E-state index in [9.17, 15) is 14.4 Å². The Bertz CT molecular complexity index is 1050. The van der Waals surface area contributed by atoms with E-state index in [1.54, 1.807) is 30.3 Å². The van der Waals surface area contributed by atoms with Crippen molar-refractivity contribution < 1.29 is 14.4 Å². The van der Waals surface area contributed by atoms with E-state index >= 15 is 0 Å². The fraction of sp³-hybridized carbons (Fsp3) is 0.400. The Hall–Kier alpha value is -3.10. The van der Waals surface area contributed by atoms with Crippen LogP contribution < -0.4 is 16.4 Å². The number of amides is 4. The molecule has 4 N–H and O–H groups in total. The Kier molecular flexibility index (Phi) is 7.38. The van der Waals surface area contributed by atoms with Gasteiger partial charge in [0.1, 0.15) is 0 Å². The van der Waals surface area contributed by atoms with Crippen LogP contribution in [-0.2, 0) is 4.79 Å². The standard InChI is InChI=1S/C25H30ClN5O3/c1-16-3-2-4-21(15-16)29-25(34)31-14-13-30(24(33)17-5-7-18(26)8-6-17)23(31)22(32)28-20-11-9-19(27)10-12-20/h2-8,15,19-20,23H,9-14,27H2,1H3,(H,28,32)(H,29,34). The number of halogens is 1. The number of rotatable bonds is 4. The van der Waals surface area contributed by atoms with E-state index in [1.165, 1.54) is 9.80 Å². The van der Waals surface area contributed by atoms with E-state index in [0.717, 1.165) is 31.2 Å². The second-order valence-electron chi connectivity index (χ2n) is 8.99. The molecule has 2 aromatic carbocycles. The molecule has 180 valence electrons. The number of nitrogens with zero attached hydrogens (tertiary/aromatic N) is 2. The van der Waals surface area contributed by atoms with Crippen LogP contribution in [0.5, 0.6) is 0 Å². The molecule has 2 aromatic rings. The quantitative estimate of drug-likeness (QED) is 0.619. The van der Waals surface area contributed by atoms with Gasteiger partial charge in [-0.3, -0.25) is 14.5 Å². The van der Waals surface area contributed by atoms with Gasteiger partial charge in [-0.15, -0.1) is 0 Å². The normalized spacial score (nSPS) is 22.4. The van der Waals surface area contributed by atoms with Crippen LogP contribution in [0, 0.1) is 6.92 Å². The van der Waals surface area contributed by atoms with Crippen molar-refractivity contribution in [3.63, 3.8) is 0 Å². The lowest BCUT2D eigenvalue weighted by molar-refractivity contribution is -0.128. The van der Waals surface area contributed by atoms with Gasteiger partial charge in [-0.05, 0) is 74.6 Å². The van der Waals surface area contributed by atoms with E-state index in [2.05, 4.69) is 10.6 Å². The predicted molar refractivity (Wildman–Crippen MR) is 132 cm³/mol. The number of nitrogens with one attached hydrogen (secondary N) is 2. The van der Waals surface area contributed by atoms with Crippen molar-refractivity contribution in [3.05, 3.63) is 64.7 Å². The SMILES string of the molecule is Cc1cccc(NC(=O)N2CCN(C(=O)c3ccc(Cl)cc3)C2C(=O)NC2CCC(N)CC2)c1. The smallest absolute Gasteiger partial charge is 0.323 e. The van der Waals surface area contributed by atoms with E-state index in [1.807, 2.05) is 25.1 Å². The lowest BCUT2D eigenvalue weighted by Gasteiger charge is -2.32. The van der Waals surface area contributed by atoms with Gasteiger partial charge in [0.05, 0.1) is 0 Å². The molecule has 1 unspecified atom stereocenters. The molecule has 1 heterocycles. The Morgan fingerprint density at radius 3 is 2.32 bits per heavy atom. The largest absolute Gasteiger partial charge is 0.350 e. The first-order valence-corrected chi connectivity index (χ1v) is 12.0. The fourth-order valence-electron chi connectivity index (χ4n) is 4.55. The molecule has 0 radical (unpaired) electrons. The average molecular weight is 484 g/mol. The van der Waals surface area contributed by atoms with Crippen molar-refractivity contribution in [2.45, 2.75) is 50.9 Å². The van der Waals surface area contributed by atoms with Gasteiger partial charge in [0.15, 0.2) is 6.17 Å². The number of urea groups is 1. The molecule has 4 amide bonds. The summed E-state index contributed by atoms with van der Waals surface area (Å²) in [5.74, 6) is -0.687. The first kappa shape index (κ1) is 24.0. The minimum atomic E-state index is -1.05. The molecular weight excluding hydrogens is 454 g/mol. The maximum absolute atomic E-state index is 13.4. The number of hydrogen-bond acceptors (Lipinski definition) is 4. The molecule has 2 aliphatic rings. The fourth-order valence-corrected chi connectivity index (χ4v) is 4.68. The van der Waals surface area contributed by atoms with Crippen molar-refractivity contribution in [3.8, 4) is 0 Å². The highest BCUT2D eigenvalue weighted by molar-refractivity contribution is 6.30. The van der Waals surface area contributed by atoms with Crippen LogP contribution in [0.25, 0.3) is 0 Å². The molecule has 34 heavy (non-hydrogen) atoms. The highest BCUT2D eigenvalue weighted by atomic mass is 35.5. The molecule has 0 bridgehead atoms. The van der Waals surface area contributed by atoms with Crippen LogP contribution in [0.2, 0.25) is 5.02 Å². The zero-order valence-corrected chi connectivity index (χ0v) is 19.9. The number of nitrogens with two attached hydrogens (primary N) is 1. The molecule has 9 heteroatoms. The second kappa shape index (κ2) is 10.4. The first-order valence-electron chi connectivity index (χ1n) is 11.6. The highest BCUT2D eigenvalue weighted by Crippen LogP contribution is 2.23. The van der Waals surface area contributed by atoms with Crippen LogP contribution in [-0.4, -0.2) is 59.0 Å². The molecule has 0 spiro atoms. The summed E-state index contributed by atoms with van der Waals surface area (Å²) >= 11 is 5.97. The number of carbonyl (C=O) groups excluding carboxylic acids is 3. The zero-order valence-electron chi connectivity index (χ0n) is 19.2. The molecule has 4 rings (SSSR count). The Morgan fingerprint density at radius 1 is 0.971 bits per heavy atom. The average Bonchev–Trinajstić information content (AvgIpc) is 3.26. The van der Waals surface area contributed by atoms with Crippen molar-refractivity contribution in [2.24, 2.45) is 5.73 Å². The highest BCUT2D eigenvalue weighted by Gasteiger charge is 2.43.